The van der Waals surface area contributed by atoms with Crippen LogP contribution in [0, 0.1) is 12.7 Å². The first-order chi connectivity index (χ1) is 16.0. The highest BCUT2D eigenvalue weighted by Gasteiger charge is 2.37. The van der Waals surface area contributed by atoms with Gasteiger partial charge in [0, 0.05) is 62.5 Å². The second-order valence-corrected chi connectivity index (χ2v) is 9.46. The zero-order valence-corrected chi connectivity index (χ0v) is 19.2. The first-order valence-electron chi connectivity index (χ1n) is 11.1. The normalized spacial score (nSPS) is 17.2. The molecule has 2 fully saturated rings. The molecule has 2 aliphatic rings. The van der Waals surface area contributed by atoms with E-state index in [9.17, 15) is 14.0 Å². The number of amides is 2. The van der Waals surface area contributed by atoms with Gasteiger partial charge in [-0.15, -0.1) is 11.3 Å². The van der Waals surface area contributed by atoms with Gasteiger partial charge in [0.05, 0.1) is 0 Å². The van der Waals surface area contributed by atoms with E-state index in [1.807, 2.05) is 46.4 Å². The minimum atomic E-state index is -0.268. The minimum absolute atomic E-state index is 0.00643. The summed E-state index contributed by atoms with van der Waals surface area (Å²) in [7, 11) is 0. The molecule has 0 unspecified atom stereocenters. The summed E-state index contributed by atoms with van der Waals surface area (Å²) in [6, 6.07) is 12.5. The van der Waals surface area contributed by atoms with Crippen LogP contribution in [0.2, 0.25) is 0 Å². The summed E-state index contributed by atoms with van der Waals surface area (Å²) in [5.74, 6) is -0.242. The molecule has 0 N–H and O–H groups in total. The van der Waals surface area contributed by atoms with Crippen molar-refractivity contribution in [3.8, 4) is 11.1 Å². The predicted molar refractivity (Wildman–Crippen MR) is 126 cm³/mol. The lowest BCUT2D eigenvalue weighted by Gasteiger charge is -2.48. The van der Waals surface area contributed by atoms with E-state index in [1.165, 1.54) is 23.5 Å². The Bertz CT molecular complexity index is 1150. The molecule has 0 aliphatic carbocycles. The summed E-state index contributed by atoms with van der Waals surface area (Å²) in [6.07, 6.45) is 1.66. The second kappa shape index (κ2) is 9.03. The SMILES string of the molecule is Cc1ccc(F)cc1-c1ccc(C(=O)N2CC(N3CCN(C(=O)c4nccs4)CC3)C2)cc1. The van der Waals surface area contributed by atoms with Crippen molar-refractivity contribution in [1.82, 2.24) is 19.7 Å². The molecular weight excluding hydrogens is 439 g/mol. The Balaban J connectivity index is 1.14. The zero-order valence-electron chi connectivity index (χ0n) is 18.4. The average Bonchev–Trinajstić information content (AvgIpc) is 3.35. The van der Waals surface area contributed by atoms with Gasteiger partial charge in [-0.1, -0.05) is 18.2 Å². The van der Waals surface area contributed by atoms with Gasteiger partial charge in [-0.3, -0.25) is 14.5 Å². The van der Waals surface area contributed by atoms with Gasteiger partial charge in [0.2, 0.25) is 0 Å². The van der Waals surface area contributed by atoms with Crippen molar-refractivity contribution >= 4 is 23.2 Å². The molecular formula is C25H25FN4O2S. The van der Waals surface area contributed by atoms with Crippen LogP contribution in [-0.2, 0) is 0 Å². The van der Waals surface area contributed by atoms with Gasteiger partial charge in [-0.2, -0.15) is 0 Å². The molecule has 2 aromatic carbocycles. The molecule has 0 saturated carbocycles. The minimum Gasteiger partial charge on any atom is -0.335 e. The second-order valence-electron chi connectivity index (χ2n) is 8.57. The molecule has 2 amide bonds. The standard InChI is InChI=1S/C25H25FN4O2S/c1-17-2-7-20(26)14-22(17)18-3-5-19(6-4-18)24(31)30-15-21(16-30)28-9-11-29(12-10-28)25(32)23-27-8-13-33-23/h2-8,13-14,21H,9-12,15-16H2,1H3. The Morgan fingerprint density at radius 3 is 2.36 bits per heavy atom. The van der Waals surface area contributed by atoms with E-state index in [1.54, 1.807) is 12.3 Å². The van der Waals surface area contributed by atoms with Crippen molar-refractivity contribution in [2.45, 2.75) is 13.0 Å². The number of likely N-dealkylation sites (tertiary alicyclic amines) is 1. The van der Waals surface area contributed by atoms with E-state index in [0.717, 1.165) is 29.8 Å². The quantitative estimate of drug-likeness (QED) is 0.593. The van der Waals surface area contributed by atoms with Crippen molar-refractivity contribution in [1.29, 1.82) is 0 Å². The maximum absolute atomic E-state index is 13.6. The van der Waals surface area contributed by atoms with Crippen LogP contribution in [0.1, 0.15) is 25.7 Å². The third-order valence-corrected chi connectivity index (χ3v) is 7.29. The molecule has 33 heavy (non-hydrogen) atoms. The Morgan fingerprint density at radius 1 is 0.970 bits per heavy atom. The molecule has 5 rings (SSSR count). The number of hydrogen-bond acceptors (Lipinski definition) is 5. The summed E-state index contributed by atoms with van der Waals surface area (Å²) < 4.78 is 13.6. The molecule has 170 valence electrons. The molecule has 6 nitrogen and oxygen atoms in total. The van der Waals surface area contributed by atoms with Crippen molar-refractivity contribution in [2.24, 2.45) is 0 Å². The van der Waals surface area contributed by atoms with E-state index in [2.05, 4.69) is 9.88 Å². The van der Waals surface area contributed by atoms with Crippen LogP contribution in [-0.4, -0.2) is 76.8 Å². The molecule has 3 aromatic rings. The lowest BCUT2D eigenvalue weighted by Crippen LogP contribution is -2.64. The van der Waals surface area contributed by atoms with Crippen LogP contribution in [0.4, 0.5) is 4.39 Å². The van der Waals surface area contributed by atoms with E-state index in [4.69, 9.17) is 0 Å². The maximum Gasteiger partial charge on any atom is 0.282 e. The number of hydrogen-bond donors (Lipinski definition) is 0. The average molecular weight is 465 g/mol. The summed E-state index contributed by atoms with van der Waals surface area (Å²) in [5.41, 5.74) is 3.38. The van der Waals surface area contributed by atoms with Gasteiger partial charge in [0.1, 0.15) is 5.82 Å². The van der Waals surface area contributed by atoms with Crippen LogP contribution in [0.25, 0.3) is 11.1 Å². The molecule has 2 saturated heterocycles. The van der Waals surface area contributed by atoms with Gasteiger partial charge >= 0.3 is 0 Å². The van der Waals surface area contributed by atoms with Crippen LogP contribution >= 0.6 is 11.3 Å². The van der Waals surface area contributed by atoms with Crippen LogP contribution in [0.3, 0.4) is 0 Å². The third-order valence-electron chi connectivity index (χ3n) is 6.53. The fraction of sp³-hybridized carbons (Fsp3) is 0.320. The summed E-state index contributed by atoms with van der Waals surface area (Å²) in [6.45, 7) is 6.33. The van der Waals surface area contributed by atoms with E-state index >= 15 is 0 Å². The number of benzene rings is 2. The van der Waals surface area contributed by atoms with Crippen molar-refractivity contribution < 1.29 is 14.0 Å². The first kappa shape index (κ1) is 21.7. The first-order valence-corrected chi connectivity index (χ1v) is 12.0. The van der Waals surface area contributed by atoms with Crippen LogP contribution < -0.4 is 0 Å². The number of rotatable bonds is 4. The number of aryl methyl sites for hydroxylation is 1. The van der Waals surface area contributed by atoms with Crippen molar-refractivity contribution in [2.75, 3.05) is 39.3 Å². The molecule has 0 bridgehead atoms. The zero-order chi connectivity index (χ0) is 22.9. The summed E-state index contributed by atoms with van der Waals surface area (Å²) >= 11 is 1.37. The molecule has 8 heteroatoms. The number of carbonyl (C=O) groups is 2. The predicted octanol–water partition coefficient (Wildman–Crippen LogP) is 3.54. The monoisotopic (exact) mass is 464 g/mol. The number of halogens is 1. The number of thiazole rings is 1. The molecule has 0 spiro atoms. The van der Waals surface area contributed by atoms with Gasteiger partial charge in [0.15, 0.2) is 5.01 Å². The van der Waals surface area contributed by atoms with E-state index < -0.39 is 0 Å². The lowest BCUT2D eigenvalue weighted by molar-refractivity contribution is 0.00853. The number of aromatic nitrogens is 1. The Morgan fingerprint density at radius 2 is 1.70 bits per heavy atom. The van der Waals surface area contributed by atoms with Crippen LogP contribution in [0.15, 0.2) is 54.0 Å². The highest BCUT2D eigenvalue weighted by Crippen LogP contribution is 2.26. The number of nitrogens with zero attached hydrogens (tertiary/aromatic N) is 4. The van der Waals surface area contributed by atoms with Crippen molar-refractivity contribution in [3.63, 3.8) is 0 Å². The summed E-state index contributed by atoms with van der Waals surface area (Å²) in [5, 5.41) is 2.36. The largest absolute Gasteiger partial charge is 0.335 e. The smallest absolute Gasteiger partial charge is 0.282 e. The van der Waals surface area contributed by atoms with Gasteiger partial charge < -0.3 is 9.80 Å². The molecule has 3 heterocycles. The number of carbonyl (C=O) groups excluding carboxylic acids is 2. The Labute approximate surface area is 196 Å². The van der Waals surface area contributed by atoms with Crippen molar-refractivity contribution in [3.05, 3.63) is 76.0 Å². The summed E-state index contributed by atoms with van der Waals surface area (Å²) in [4.78, 5) is 35.5. The topological polar surface area (TPSA) is 56.8 Å². The highest BCUT2D eigenvalue weighted by atomic mass is 32.1. The Kier molecular flexibility index (Phi) is 5.95. The Hall–Kier alpha value is -3.10. The molecule has 0 atom stereocenters. The molecule has 2 aliphatic heterocycles. The molecule has 0 radical (unpaired) electrons. The maximum atomic E-state index is 13.6. The van der Waals surface area contributed by atoms with E-state index in [0.29, 0.717) is 42.8 Å². The lowest BCUT2D eigenvalue weighted by atomic mass is 9.98. The van der Waals surface area contributed by atoms with E-state index in [-0.39, 0.29) is 17.6 Å². The van der Waals surface area contributed by atoms with Crippen LogP contribution in [0.5, 0.6) is 0 Å². The number of piperazine rings is 1. The molecule has 1 aromatic heterocycles. The highest BCUT2D eigenvalue weighted by molar-refractivity contribution is 7.11. The fourth-order valence-electron chi connectivity index (χ4n) is 4.49. The third kappa shape index (κ3) is 4.41. The van der Waals surface area contributed by atoms with Gasteiger partial charge in [-0.25, -0.2) is 9.37 Å². The fourth-order valence-corrected chi connectivity index (χ4v) is 5.09. The van der Waals surface area contributed by atoms with Gasteiger partial charge in [0.25, 0.3) is 11.8 Å². The van der Waals surface area contributed by atoms with Gasteiger partial charge in [-0.05, 0) is 47.9 Å².